The molecule has 0 radical (unpaired) electrons. The second kappa shape index (κ2) is 14.5. The van der Waals surface area contributed by atoms with Crippen LogP contribution in [0.15, 0.2) is 66.7 Å². The summed E-state index contributed by atoms with van der Waals surface area (Å²) >= 11 is 0. The van der Waals surface area contributed by atoms with E-state index in [1.54, 1.807) is 12.1 Å². The molecule has 2 unspecified atom stereocenters. The van der Waals surface area contributed by atoms with Gasteiger partial charge >= 0.3 is 11.9 Å². The summed E-state index contributed by atoms with van der Waals surface area (Å²) in [6, 6.07) is 12.0. The van der Waals surface area contributed by atoms with E-state index in [1.807, 2.05) is 0 Å². The molecular formula is C32H30O14. The Balaban J connectivity index is 1.47. The molecule has 1 fully saturated rings. The number of rotatable bonds is 10. The second-order valence-corrected chi connectivity index (χ2v) is 10.0. The van der Waals surface area contributed by atoms with Gasteiger partial charge in [-0.3, -0.25) is 9.59 Å². The molecule has 1 heterocycles. The lowest BCUT2D eigenvalue weighted by atomic mass is 9.99. The zero-order chi connectivity index (χ0) is 33.5. The molecule has 1 saturated heterocycles. The molecule has 1 aliphatic rings. The highest BCUT2D eigenvalue weighted by Gasteiger charge is 2.48. The van der Waals surface area contributed by atoms with Gasteiger partial charge in [0.05, 0.1) is 5.56 Å². The molecule has 242 valence electrons. The van der Waals surface area contributed by atoms with Gasteiger partial charge in [0.2, 0.25) is 12.0 Å². The summed E-state index contributed by atoms with van der Waals surface area (Å²) in [4.78, 5) is 36.7. The van der Waals surface area contributed by atoms with Gasteiger partial charge in [-0.25, -0.2) is 4.79 Å². The number of esters is 2. The van der Waals surface area contributed by atoms with Crippen molar-refractivity contribution in [1.82, 2.24) is 0 Å². The van der Waals surface area contributed by atoms with Crippen molar-refractivity contribution in [3.63, 3.8) is 0 Å². The number of hydrogen-bond donors (Lipinski definition) is 7. The summed E-state index contributed by atoms with van der Waals surface area (Å²) in [5.41, 5.74) is 0.599. The van der Waals surface area contributed by atoms with Crippen LogP contribution >= 0.6 is 0 Å². The Kier molecular flexibility index (Phi) is 10.5. The molecule has 0 spiro atoms. The van der Waals surface area contributed by atoms with E-state index in [9.17, 15) is 50.1 Å². The van der Waals surface area contributed by atoms with E-state index in [-0.39, 0.29) is 17.1 Å². The number of ketones is 1. The van der Waals surface area contributed by atoms with Crippen molar-refractivity contribution in [3.8, 4) is 34.5 Å². The Bertz CT molecular complexity index is 1650. The Hall–Kier alpha value is -5.57. The third-order valence-corrected chi connectivity index (χ3v) is 6.69. The number of benzene rings is 3. The molecule has 3 aromatic carbocycles. The van der Waals surface area contributed by atoms with E-state index < -0.39 is 78.0 Å². The molecule has 46 heavy (non-hydrogen) atoms. The Morgan fingerprint density at radius 1 is 0.804 bits per heavy atom. The van der Waals surface area contributed by atoms with Gasteiger partial charge in [0.1, 0.15) is 30.7 Å². The summed E-state index contributed by atoms with van der Waals surface area (Å²) in [6.07, 6.45) is -3.43. The standard InChI is InChI=1S/C32H30O14/c1-16(33)44-31-25(15-43-26(38)13-6-17-2-7-19(34)8-3-17)46-32(30(42)29(31)41)45-24-12-9-20(27(39)28(24)40)21(35)10-4-18-5-11-22(36)23(37)14-18/h2-14,25,29-32,34,36-37,39-42H,15H2,1H3/b10-4+,13-6+/t25?,29-,30?,31-,32-/m1/s1. The van der Waals surface area contributed by atoms with Crippen molar-refractivity contribution in [2.75, 3.05) is 6.61 Å². The molecular weight excluding hydrogens is 608 g/mol. The Labute approximate surface area is 261 Å². The van der Waals surface area contributed by atoms with Gasteiger partial charge in [0, 0.05) is 13.0 Å². The van der Waals surface area contributed by atoms with Crippen LogP contribution in [0, 0.1) is 0 Å². The lowest BCUT2D eigenvalue weighted by molar-refractivity contribution is -0.282. The number of phenols is 5. The number of hydrogen-bond acceptors (Lipinski definition) is 14. The van der Waals surface area contributed by atoms with Gasteiger partial charge in [0.15, 0.2) is 34.9 Å². The number of ether oxygens (including phenoxy) is 4. The fourth-order valence-corrected chi connectivity index (χ4v) is 4.32. The maximum atomic E-state index is 12.7. The van der Waals surface area contributed by atoms with E-state index in [4.69, 9.17) is 18.9 Å². The van der Waals surface area contributed by atoms with Crippen molar-refractivity contribution >= 4 is 29.9 Å². The van der Waals surface area contributed by atoms with Gasteiger partial charge < -0.3 is 54.7 Å². The smallest absolute Gasteiger partial charge is 0.330 e. The average molecular weight is 639 g/mol. The van der Waals surface area contributed by atoms with Crippen molar-refractivity contribution in [1.29, 1.82) is 0 Å². The first-order chi connectivity index (χ1) is 21.8. The summed E-state index contributed by atoms with van der Waals surface area (Å²) in [7, 11) is 0. The molecule has 14 nitrogen and oxygen atoms in total. The van der Waals surface area contributed by atoms with Gasteiger partial charge in [-0.05, 0) is 59.7 Å². The van der Waals surface area contributed by atoms with Gasteiger partial charge in [-0.15, -0.1) is 0 Å². The number of allylic oxidation sites excluding steroid dienone is 1. The Morgan fingerprint density at radius 2 is 1.48 bits per heavy atom. The number of carbonyl (C=O) groups is 3. The highest BCUT2D eigenvalue weighted by molar-refractivity contribution is 6.09. The number of aliphatic hydroxyl groups is 2. The fraction of sp³-hybridized carbons (Fsp3) is 0.219. The lowest BCUT2D eigenvalue weighted by Crippen LogP contribution is -2.61. The van der Waals surface area contributed by atoms with Gasteiger partial charge in [0.25, 0.3) is 0 Å². The minimum atomic E-state index is -1.86. The highest BCUT2D eigenvalue weighted by atomic mass is 16.7. The van der Waals surface area contributed by atoms with E-state index in [1.165, 1.54) is 42.5 Å². The van der Waals surface area contributed by atoms with Crippen LogP contribution in [0.25, 0.3) is 12.2 Å². The molecule has 0 aromatic heterocycles. The molecule has 7 N–H and O–H groups in total. The van der Waals surface area contributed by atoms with Crippen LogP contribution in [-0.2, 0) is 23.8 Å². The normalized spacial score (nSPS) is 21.2. The molecule has 0 amide bonds. The third kappa shape index (κ3) is 8.12. The minimum Gasteiger partial charge on any atom is -0.508 e. The van der Waals surface area contributed by atoms with E-state index in [2.05, 4.69) is 0 Å². The molecule has 3 aromatic rings. The summed E-state index contributed by atoms with van der Waals surface area (Å²) < 4.78 is 21.4. The predicted octanol–water partition coefficient (Wildman–Crippen LogP) is 2.12. The van der Waals surface area contributed by atoms with Crippen LogP contribution < -0.4 is 4.74 Å². The van der Waals surface area contributed by atoms with E-state index >= 15 is 0 Å². The summed E-state index contributed by atoms with van der Waals surface area (Å²) in [6.45, 7) is 0.481. The minimum absolute atomic E-state index is 0.0397. The number of phenolic OH excluding ortho intramolecular Hbond substituents is 5. The van der Waals surface area contributed by atoms with Crippen LogP contribution in [0.3, 0.4) is 0 Å². The third-order valence-electron chi connectivity index (χ3n) is 6.69. The van der Waals surface area contributed by atoms with Crippen LogP contribution in [-0.4, -0.2) is 90.8 Å². The van der Waals surface area contributed by atoms with Crippen LogP contribution in [0.4, 0.5) is 0 Å². The summed E-state index contributed by atoms with van der Waals surface area (Å²) in [5, 5.41) is 70.8. The largest absolute Gasteiger partial charge is 0.508 e. The van der Waals surface area contributed by atoms with Crippen LogP contribution in [0.1, 0.15) is 28.4 Å². The SMILES string of the molecule is CC(=O)O[C@@H]1C(COC(=O)/C=C/c2ccc(O)cc2)O[C@@H](Oc2ccc(C(=O)/C=C/c3ccc(O)c(O)c3)c(O)c2O)C(O)[C@H]1O. The zero-order valence-electron chi connectivity index (χ0n) is 24.1. The fourth-order valence-electron chi connectivity index (χ4n) is 4.32. The van der Waals surface area contributed by atoms with Crippen molar-refractivity contribution < 1.29 is 69.1 Å². The summed E-state index contributed by atoms with van der Waals surface area (Å²) in [5.74, 6) is -5.38. The quantitative estimate of drug-likeness (QED) is 0.0730. The Morgan fingerprint density at radius 3 is 2.15 bits per heavy atom. The zero-order valence-corrected chi connectivity index (χ0v) is 24.1. The first kappa shape index (κ1) is 33.3. The van der Waals surface area contributed by atoms with Crippen LogP contribution in [0.5, 0.6) is 34.5 Å². The van der Waals surface area contributed by atoms with Crippen molar-refractivity contribution in [3.05, 3.63) is 83.4 Å². The first-order valence-corrected chi connectivity index (χ1v) is 13.6. The number of carbonyl (C=O) groups excluding carboxylic acids is 3. The van der Waals surface area contributed by atoms with Crippen LogP contribution in [0.2, 0.25) is 0 Å². The molecule has 5 atom stereocenters. The van der Waals surface area contributed by atoms with E-state index in [0.717, 1.165) is 31.2 Å². The number of aromatic hydroxyl groups is 5. The first-order valence-electron chi connectivity index (χ1n) is 13.6. The topological polar surface area (TPSA) is 230 Å². The predicted molar refractivity (Wildman–Crippen MR) is 158 cm³/mol. The maximum absolute atomic E-state index is 12.7. The van der Waals surface area contributed by atoms with Gasteiger partial charge in [-0.2, -0.15) is 0 Å². The molecule has 4 rings (SSSR count). The lowest BCUT2D eigenvalue weighted by Gasteiger charge is -2.41. The molecule has 1 aliphatic heterocycles. The van der Waals surface area contributed by atoms with Crippen molar-refractivity contribution in [2.45, 2.75) is 37.6 Å². The monoisotopic (exact) mass is 638 g/mol. The van der Waals surface area contributed by atoms with E-state index in [0.29, 0.717) is 11.1 Å². The maximum Gasteiger partial charge on any atom is 0.330 e. The van der Waals surface area contributed by atoms with Crippen molar-refractivity contribution in [2.24, 2.45) is 0 Å². The second-order valence-electron chi connectivity index (χ2n) is 10.0. The molecule has 0 aliphatic carbocycles. The molecule has 0 saturated carbocycles. The average Bonchev–Trinajstić information content (AvgIpc) is 3.02. The highest BCUT2D eigenvalue weighted by Crippen LogP contribution is 2.40. The molecule has 0 bridgehead atoms. The number of aliphatic hydroxyl groups excluding tert-OH is 2. The van der Waals surface area contributed by atoms with Gasteiger partial charge in [-0.1, -0.05) is 24.3 Å². The molecule has 14 heteroatoms.